The third-order valence-electron chi connectivity index (χ3n) is 7.43. The molecule has 0 saturated carbocycles. The standard InChI is InChI=1S/C29H30F3N5O4/c1-33-27(39)23(5-3-13-38)37-15-22-21(28(37)40)4-2-6-24(22)41-18-20-9-7-19(8-10-20)14-35-11-12-36-16-25(29(30,31)32)34-26(36)17-35/h2,4,6-10,13,16,23H,3,5,11-12,14-15,17-18H2,1H3,(H,33,39). The summed E-state index contributed by atoms with van der Waals surface area (Å²) < 4.78 is 46.7. The number of nitrogens with zero attached hydrogens (tertiary/aromatic N) is 4. The van der Waals surface area contributed by atoms with E-state index >= 15 is 0 Å². The van der Waals surface area contributed by atoms with E-state index in [9.17, 15) is 27.6 Å². The minimum absolute atomic E-state index is 0.165. The van der Waals surface area contributed by atoms with Crippen LogP contribution in [0.2, 0.25) is 0 Å². The molecule has 1 atom stereocenters. The lowest BCUT2D eigenvalue weighted by atomic mass is 10.1. The average molecular weight is 570 g/mol. The molecular weight excluding hydrogens is 539 g/mol. The van der Waals surface area contributed by atoms with E-state index in [1.165, 1.54) is 11.9 Å². The number of amides is 2. The summed E-state index contributed by atoms with van der Waals surface area (Å²) >= 11 is 0. The minimum Gasteiger partial charge on any atom is -0.489 e. The van der Waals surface area contributed by atoms with Gasteiger partial charge in [0, 0.05) is 50.4 Å². The fourth-order valence-corrected chi connectivity index (χ4v) is 5.27. The van der Waals surface area contributed by atoms with Crippen molar-refractivity contribution in [3.8, 4) is 5.75 Å². The summed E-state index contributed by atoms with van der Waals surface area (Å²) in [7, 11) is 1.50. The highest BCUT2D eigenvalue weighted by Crippen LogP contribution is 2.34. The Kier molecular flexibility index (Phi) is 8.11. The Bertz CT molecular complexity index is 1440. The van der Waals surface area contributed by atoms with Crippen molar-refractivity contribution in [1.82, 2.24) is 24.7 Å². The van der Waals surface area contributed by atoms with Crippen LogP contribution in [0, 0.1) is 0 Å². The number of aldehydes is 1. The van der Waals surface area contributed by atoms with E-state index in [-0.39, 0.29) is 37.8 Å². The van der Waals surface area contributed by atoms with E-state index < -0.39 is 17.9 Å². The second-order valence-corrected chi connectivity index (χ2v) is 10.1. The number of nitrogens with one attached hydrogen (secondary N) is 1. The fraction of sp³-hybridized carbons (Fsp3) is 0.379. The number of likely N-dealkylation sites (N-methyl/N-ethyl adjacent to an activating group) is 1. The van der Waals surface area contributed by atoms with Crippen LogP contribution >= 0.6 is 0 Å². The van der Waals surface area contributed by atoms with E-state index in [4.69, 9.17) is 4.74 Å². The Morgan fingerprint density at radius 1 is 1.12 bits per heavy atom. The summed E-state index contributed by atoms with van der Waals surface area (Å²) in [6.45, 7) is 2.46. The minimum atomic E-state index is -4.45. The van der Waals surface area contributed by atoms with Gasteiger partial charge in [-0.1, -0.05) is 30.3 Å². The third kappa shape index (κ3) is 6.12. The Balaban J connectivity index is 1.20. The number of imidazole rings is 1. The van der Waals surface area contributed by atoms with Gasteiger partial charge in [0.15, 0.2) is 5.69 Å². The number of benzene rings is 2. The van der Waals surface area contributed by atoms with Crippen LogP contribution in [0.15, 0.2) is 48.7 Å². The zero-order valence-corrected chi connectivity index (χ0v) is 22.5. The molecule has 0 fully saturated rings. The van der Waals surface area contributed by atoms with E-state index in [1.807, 2.05) is 24.3 Å². The number of ether oxygens (including phenoxy) is 1. The molecule has 0 bridgehead atoms. The smallest absolute Gasteiger partial charge is 0.434 e. The fourth-order valence-electron chi connectivity index (χ4n) is 5.27. The third-order valence-corrected chi connectivity index (χ3v) is 7.43. The number of aromatic nitrogens is 2. The lowest BCUT2D eigenvalue weighted by Crippen LogP contribution is -2.46. The number of hydrogen-bond donors (Lipinski definition) is 1. The van der Waals surface area contributed by atoms with Gasteiger partial charge in [0.05, 0.1) is 13.1 Å². The summed E-state index contributed by atoms with van der Waals surface area (Å²) in [5.74, 6) is 0.363. The van der Waals surface area contributed by atoms with Crippen molar-refractivity contribution >= 4 is 18.1 Å². The molecule has 3 heterocycles. The first-order valence-electron chi connectivity index (χ1n) is 13.3. The van der Waals surface area contributed by atoms with Crippen LogP contribution in [-0.4, -0.2) is 57.1 Å². The zero-order chi connectivity index (χ0) is 29.1. The van der Waals surface area contributed by atoms with Crippen molar-refractivity contribution in [2.45, 2.75) is 57.8 Å². The van der Waals surface area contributed by atoms with Gasteiger partial charge in [-0.2, -0.15) is 13.2 Å². The second kappa shape index (κ2) is 11.7. The van der Waals surface area contributed by atoms with Gasteiger partial charge < -0.3 is 24.3 Å². The van der Waals surface area contributed by atoms with Crippen molar-refractivity contribution in [1.29, 1.82) is 0 Å². The van der Waals surface area contributed by atoms with Gasteiger partial charge in [0.25, 0.3) is 5.91 Å². The molecule has 0 spiro atoms. The molecular formula is C29H30F3N5O4. The molecule has 0 aliphatic carbocycles. The van der Waals surface area contributed by atoms with Crippen molar-refractivity contribution < 1.29 is 32.3 Å². The number of halogens is 3. The number of carbonyl (C=O) groups excluding carboxylic acids is 3. The Morgan fingerprint density at radius 2 is 1.88 bits per heavy atom. The topological polar surface area (TPSA) is 96.8 Å². The van der Waals surface area contributed by atoms with Crippen LogP contribution in [0.3, 0.4) is 0 Å². The summed E-state index contributed by atoms with van der Waals surface area (Å²) in [6, 6.07) is 12.3. The molecule has 12 heteroatoms. The average Bonchev–Trinajstić information content (AvgIpc) is 3.54. The van der Waals surface area contributed by atoms with Crippen LogP contribution in [0.1, 0.15) is 51.4 Å². The molecule has 0 saturated heterocycles. The van der Waals surface area contributed by atoms with Gasteiger partial charge in [0.1, 0.15) is 30.5 Å². The van der Waals surface area contributed by atoms with Gasteiger partial charge in [-0.05, 0) is 29.7 Å². The van der Waals surface area contributed by atoms with Gasteiger partial charge >= 0.3 is 6.18 Å². The molecule has 2 aliphatic heterocycles. The Morgan fingerprint density at radius 3 is 2.59 bits per heavy atom. The van der Waals surface area contributed by atoms with Crippen molar-refractivity contribution in [2.75, 3.05) is 13.6 Å². The Hall–Kier alpha value is -4.19. The summed E-state index contributed by atoms with van der Waals surface area (Å²) in [5, 5.41) is 2.57. The molecule has 2 amide bonds. The molecule has 1 unspecified atom stereocenters. The number of carbonyl (C=O) groups is 3. The lowest BCUT2D eigenvalue weighted by molar-refractivity contribution is -0.141. The van der Waals surface area contributed by atoms with Gasteiger partial charge in [0.2, 0.25) is 5.91 Å². The number of alkyl halides is 3. The predicted molar refractivity (Wildman–Crippen MR) is 142 cm³/mol. The summed E-state index contributed by atoms with van der Waals surface area (Å²) in [4.78, 5) is 43.8. The van der Waals surface area contributed by atoms with Gasteiger partial charge in [-0.15, -0.1) is 0 Å². The maximum Gasteiger partial charge on any atom is 0.434 e. The largest absolute Gasteiger partial charge is 0.489 e. The van der Waals surface area contributed by atoms with Gasteiger partial charge in [-0.25, -0.2) is 4.98 Å². The predicted octanol–water partition coefficient (Wildman–Crippen LogP) is 3.55. The molecule has 0 radical (unpaired) electrons. The molecule has 3 aromatic rings. The van der Waals surface area contributed by atoms with Crippen molar-refractivity contribution in [2.24, 2.45) is 0 Å². The molecule has 5 rings (SSSR count). The first-order chi connectivity index (χ1) is 19.7. The van der Waals surface area contributed by atoms with E-state index in [1.54, 1.807) is 22.8 Å². The monoisotopic (exact) mass is 569 g/mol. The van der Waals surface area contributed by atoms with Crippen LogP contribution in [0.25, 0.3) is 0 Å². The van der Waals surface area contributed by atoms with E-state index in [0.29, 0.717) is 48.9 Å². The zero-order valence-electron chi connectivity index (χ0n) is 22.5. The first-order valence-corrected chi connectivity index (χ1v) is 13.3. The van der Waals surface area contributed by atoms with Gasteiger partial charge in [-0.3, -0.25) is 14.5 Å². The van der Waals surface area contributed by atoms with E-state index in [0.717, 1.165) is 23.6 Å². The van der Waals surface area contributed by atoms with E-state index in [2.05, 4.69) is 15.2 Å². The summed E-state index contributed by atoms with van der Waals surface area (Å²) in [5.41, 5.74) is 2.24. The number of rotatable bonds is 10. The van der Waals surface area contributed by atoms with Crippen LogP contribution in [0.4, 0.5) is 13.2 Å². The number of hydrogen-bond acceptors (Lipinski definition) is 6. The maximum atomic E-state index is 13.1. The molecule has 41 heavy (non-hydrogen) atoms. The highest BCUT2D eigenvalue weighted by Gasteiger charge is 2.38. The highest BCUT2D eigenvalue weighted by molar-refractivity contribution is 6.01. The number of fused-ring (bicyclic) bond motifs is 2. The lowest BCUT2D eigenvalue weighted by Gasteiger charge is -2.27. The normalized spacial score (nSPS) is 15.8. The molecule has 1 aromatic heterocycles. The highest BCUT2D eigenvalue weighted by atomic mass is 19.4. The maximum absolute atomic E-state index is 13.1. The Labute approximate surface area is 234 Å². The van der Waals surface area contributed by atoms with Crippen LogP contribution in [0.5, 0.6) is 5.75 Å². The summed E-state index contributed by atoms with van der Waals surface area (Å²) in [6.07, 6.45) is -2.24. The molecule has 2 aliphatic rings. The molecule has 2 aromatic carbocycles. The molecule has 1 N–H and O–H groups in total. The second-order valence-electron chi connectivity index (χ2n) is 10.1. The van der Waals surface area contributed by atoms with Crippen molar-refractivity contribution in [3.05, 3.63) is 82.4 Å². The molecule has 9 nitrogen and oxygen atoms in total. The van der Waals surface area contributed by atoms with Crippen molar-refractivity contribution in [3.63, 3.8) is 0 Å². The first kappa shape index (κ1) is 28.3. The van der Waals surface area contributed by atoms with Crippen LogP contribution in [-0.2, 0) is 48.6 Å². The SMILES string of the molecule is CNC(=O)C(CCC=O)N1Cc2c(OCc3ccc(CN4CCn5cc(C(F)(F)F)nc5C4)cc3)cccc2C1=O. The molecule has 216 valence electrons. The quantitative estimate of drug-likeness (QED) is 0.376. The van der Waals surface area contributed by atoms with Crippen LogP contribution < -0.4 is 10.1 Å².